The van der Waals surface area contributed by atoms with Crippen LogP contribution < -0.4 is 5.32 Å². The molecule has 0 radical (unpaired) electrons. The van der Waals surface area contributed by atoms with Gasteiger partial charge in [0.15, 0.2) is 12.3 Å². The van der Waals surface area contributed by atoms with Crippen LogP contribution in [0.15, 0.2) is 0 Å². The number of nitrogens with one attached hydrogen (secondary N) is 1. The molecule has 1 aromatic heterocycles. The molecular weight excluding hydrogens is 398 g/mol. The molecule has 2 rings (SSSR count). The number of carbonyl (C=O) groups excluding carboxylic acids is 2. The molecule has 9 heteroatoms. The number of hydrogen-bond acceptors (Lipinski definition) is 4. The van der Waals surface area contributed by atoms with Crippen LogP contribution >= 0.6 is 46.4 Å². The predicted molar refractivity (Wildman–Crippen MR) is 94.1 cm³/mol. The first kappa shape index (κ1) is 19.6. The first-order valence-corrected chi connectivity index (χ1v) is 8.99. The second-order valence-corrected chi connectivity index (χ2v) is 7.20. The average molecular weight is 414 g/mol. The zero-order chi connectivity index (χ0) is 17.9. The Morgan fingerprint density at radius 2 is 1.79 bits per heavy atom. The van der Waals surface area contributed by atoms with Gasteiger partial charge in [-0.05, 0) is 18.8 Å². The molecule has 1 heterocycles. The van der Waals surface area contributed by atoms with E-state index in [0.29, 0.717) is 5.92 Å². The van der Waals surface area contributed by atoms with Gasteiger partial charge in [-0.1, -0.05) is 66.2 Å². The smallest absolute Gasteiger partial charge is 0.359 e. The summed E-state index contributed by atoms with van der Waals surface area (Å²) < 4.78 is 4.94. The van der Waals surface area contributed by atoms with Gasteiger partial charge in [-0.2, -0.15) is 0 Å². The van der Waals surface area contributed by atoms with Crippen LogP contribution in [0.5, 0.6) is 0 Å². The first-order valence-electron chi connectivity index (χ1n) is 7.47. The van der Waals surface area contributed by atoms with Crippen LogP contribution in [-0.4, -0.2) is 29.5 Å². The number of pyridine rings is 1. The Balaban J connectivity index is 1.94. The topological polar surface area (TPSA) is 68.3 Å². The highest BCUT2D eigenvalue weighted by Gasteiger charge is 2.25. The number of nitrogens with zero attached hydrogens (tertiary/aromatic N) is 1. The summed E-state index contributed by atoms with van der Waals surface area (Å²) in [4.78, 5) is 27.7. The predicted octanol–water partition coefficient (Wildman–Crippen LogP) is 4.55. The van der Waals surface area contributed by atoms with Crippen LogP contribution in [0.1, 0.15) is 43.1 Å². The van der Waals surface area contributed by atoms with Crippen molar-refractivity contribution in [3.05, 3.63) is 25.9 Å². The molecular formula is C15H16Cl4N2O3. The number of amides is 1. The van der Waals surface area contributed by atoms with E-state index in [9.17, 15) is 9.59 Å². The van der Waals surface area contributed by atoms with Crippen molar-refractivity contribution in [2.24, 2.45) is 5.92 Å². The van der Waals surface area contributed by atoms with E-state index in [-0.39, 0.29) is 37.9 Å². The Kier molecular flexibility index (Phi) is 6.99. The van der Waals surface area contributed by atoms with Gasteiger partial charge in [-0.3, -0.25) is 4.79 Å². The molecule has 1 aliphatic carbocycles. The fraction of sp³-hybridized carbons (Fsp3) is 0.533. The van der Waals surface area contributed by atoms with E-state index in [1.807, 2.05) is 0 Å². The van der Waals surface area contributed by atoms with Crippen LogP contribution in [0, 0.1) is 5.92 Å². The summed E-state index contributed by atoms with van der Waals surface area (Å²) >= 11 is 23.3. The lowest BCUT2D eigenvalue weighted by Crippen LogP contribution is -2.42. The van der Waals surface area contributed by atoms with Gasteiger partial charge in [0.1, 0.15) is 5.15 Å². The van der Waals surface area contributed by atoms with Gasteiger partial charge >= 0.3 is 5.97 Å². The van der Waals surface area contributed by atoms with E-state index >= 15 is 0 Å². The van der Waals surface area contributed by atoms with Gasteiger partial charge < -0.3 is 10.1 Å². The maximum atomic E-state index is 12.0. The lowest BCUT2D eigenvalue weighted by Gasteiger charge is -2.29. The van der Waals surface area contributed by atoms with Crippen LogP contribution in [0.4, 0.5) is 0 Å². The maximum absolute atomic E-state index is 12.0. The second kappa shape index (κ2) is 8.56. The number of esters is 1. The van der Waals surface area contributed by atoms with Crippen molar-refractivity contribution in [3.8, 4) is 0 Å². The molecule has 24 heavy (non-hydrogen) atoms. The third-order valence-corrected chi connectivity index (χ3v) is 5.65. The third-order valence-electron chi connectivity index (χ3n) is 3.97. The van der Waals surface area contributed by atoms with Crippen molar-refractivity contribution in [1.82, 2.24) is 10.3 Å². The molecule has 0 aromatic carbocycles. The molecule has 1 saturated carbocycles. The maximum Gasteiger partial charge on any atom is 0.359 e. The van der Waals surface area contributed by atoms with E-state index in [2.05, 4.69) is 17.2 Å². The van der Waals surface area contributed by atoms with Crippen molar-refractivity contribution in [2.45, 2.75) is 38.6 Å². The molecule has 2 atom stereocenters. The summed E-state index contributed by atoms with van der Waals surface area (Å²) in [6.07, 6.45) is 4.25. The Morgan fingerprint density at radius 3 is 2.46 bits per heavy atom. The molecule has 1 N–H and O–H groups in total. The zero-order valence-corrected chi connectivity index (χ0v) is 15.9. The summed E-state index contributed by atoms with van der Waals surface area (Å²) in [6.45, 7) is 1.66. The summed E-state index contributed by atoms with van der Waals surface area (Å²) in [6, 6.07) is 0.103. The van der Waals surface area contributed by atoms with Gasteiger partial charge in [0, 0.05) is 6.04 Å². The fourth-order valence-corrected chi connectivity index (χ4v) is 3.41. The monoisotopic (exact) mass is 412 g/mol. The third kappa shape index (κ3) is 4.66. The number of rotatable bonds is 4. The summed E-state index contributed by atoms with van der Waals surface area (Å²) in [5, 5.41) is 2.40. The van der Waals surface area contributed by atoms with Crippen LogP contribution in [0.2, 0.25) is 20.2 Å². The molecule has 0 bridgehead atoms. The SMILES string of the molecule is C[C@H]1CCCC[C@@H]1NC(=O)COC(=O)c1nc(Cl)c(Cl)c(Cl)c1Cl. The van der Waals surface area contributed by atoms with Crippen LogP contribution in [0.25, 0.3) is 0 Å². The van der Waals surface area contributed by atoms with Crippen molar-refractivity contribution in [3.63, 3.8) is 0 Å². The molecule has 132 valence electrons. The minimum Gasteiger partial charge on any atom is -0.451 e. The molecule has 1 amide bonds. The van der Waals surface area contributed by atoms with E-state index in [4.69, 9.17) is 51.1 Å². The van der Waals surface area contributed by atoms with Gasteiger partial charge in [-0.15, -0.1) is 0 Å². The lowest BCUT2D eigenvalue weighted by atomic mass is 9.86. The Hall–Kier alpha value is -0.750. The number of hydrogen-bond donors (Lipinski definition) is 1. The number of carbonyl (C=O) groups is 2. The quantitative estimate of drug-likeness (QED) is 0.580. The molecule has 0 aliphatic heterocycles. The fourth-order valence-electron chi connectivity index (χ4n) is 2.60. The summed E-state index contributed by atoms with van der Waals surface area (Å²) in [5.74, 6) is -0.861. The largest absolute Gasteiger partial charge is 0.451 e. The molecule has 1 aliphatic rings. The normalized spacial score (nSPS) is 20.5. The van der Waals surface area contributed by atoms with Gasteiger partial charge in [0.2, 0.25) is 0 Å². The minimum atomic E-state index is -0.896. The molecule has 1 fully saturated rings. The highest BCUT2D eigenvalue weighted by Crippen LogP contribution is 2.36. The van der Waals surface area contributed by atoms with Gasteiger partial charge in [0.25, 0.3) is 5.91 Å². The first-order chi connectivity index (χ1) is 11.3. The minimum absolute atomic E-state index is 0.0519. The van der Waals surface area contributed by atoms with Gasteiger partial charge in [-0.25, -0.2) is 9.78 Å². The zero-order valence-electron chi connectivity index (χ0n) is 12.9. The molecule has 0 unspecified atom stereocenters. The number of aromatic nitrogens is 1. The van der Waals surface area contributed by atoms with Crippen molar-refractivity contribution in [1.29, 1.82) is 0 Å². The molecule has 0 spiro atoms. The van der Waals surface area contributed by atoms with Crippen LogP contribution in [-0.2, 0) is 9.53 Å². The van der Waals surface area contributed by atoms with Crippen molar-refractivity contribution >= 4 is 58.3 Å². The summed E-state index contributed by atoms with van der Waals surface area (Å²) in [5.41, 5.74) is -0.282. The highest BCUT2D eigenvalue weighted by atomic mass is 35.5. The lowest BCUT2D eigenvalue weighted by molar-refractivity contribution is -0.125. The van der Waals surface area contributed by atoms with E-state index in [1.54, 1.807) is 0 Å². The Morgan fingerprint density at radius 1 is 1.12 bits per heavy atom. The van der Waals surface area contributed by atoms with Crippen LogP contribution in [0.3, 0.4) is 0 Å². The summed E-state index contributed by atoms with van der Waals surface area (Å²) in [7, 11) is 0. The van der Waals surface area contributed by atoms with E-state index < -0.39 is 12.6 Å². The number of halogens is 4. The average Bonchev–Trinajstić information content (AvgIpc) is 2.56. The second-order valence-electron chi connectivity index (χ2n) is 5.71. The van der Waals surface area contributed by atoms with Gasteiger partial charge in [0.05, 0.1) is 15.1 Å². The Bertz CT molecular complexity index is 654. The number of ether oxygens (including phenoxy) is 1. The molecule has 1 aromatic rings. The van der Waals surface area contributed by atoms with E-state index in [0.717, 1.165) is 19.3 Å². The highest BCUT2D eigenvalue weighted by molar-refractivity contribution is 6.52. The Labute approximate surface area is 159 Å². The standard InChI is InChI=1S/C15H16Cl4N2O3/c1-7-4-2-3-5-8(7)20-9(22)6-24-15(23)13-11(17)10(16)12(18)14(19)21-13/h7-8H,2-6H2,1H3,(H,20,22)/t7-,8-/m0/s1. The van der Waals surface area contributed by atoms with Crippen molar-refractivity contribution < 1.29 is 14.3 Å². The van der Waals surface area contributed by atoms with E-state index in [1.165, 1.54) is 6.42 Å². The molecule has 0 saturated heterocycles. The van der Waals surface area contributed by atoms with Crippen molar-refractivity contribution in [2.75, 3.05) is 6.61 Å². The molecule has 5 nitrogen and oxygen atoms in total.